The first-order valence-corrected chi connectivity index (χ1v) is 7.28. The quantitative estimate of drug-likeness (QED) is 0.825. The predicted molar refractivity (Wildman–Crippen MR) is 78.3 cm³/mol. The van der Waals surface area contributed by atoms with Gasteiger partial charge in [-0.1, -0.05) is 15.9 Å². The number of carbonyl (C=O) groups is 1. The highest BCUT2D eigenvalue weighted by molar-refractivity contribution is 9.10. The van der Waals surface area contributed by atoms with Gasteiger partial charge in [0.05, 0.1) is 18.2 Å². The van der Waals surface area contributed by atoms with E-state index < -0.39 is 0 Å². The number of amides is 1. The number of carbonyl (C=O) groups excluding carboxylic acids is 1. The Balaban J connectivity index is 1.91. The molecular weight excluding hydrogens is 322 g/mol. The largest absolute Gasteiger partial charge is 0.507 e. The SMILES string of the molecule is N#CCN1CCC(NC(=O)c2ccc(Br)cc2O)CC1. The number of hydrogen-bond acceptors (Lipinski definition) is 4. The van der Waals surface area contributed by atoms with Gasteiger partial charge >= 0.3 is 0 Å². The third-order valence-corrected chi connectivity index (χ3v) is 3.91. The molecule has 1 heterocycles. The van der Waals surface area contributed by atoms with E-state index in [1.54, 1.807) is 12.1 Å². The number of phenols is 1. The molecule has 0 aromatic heterocycles. The fourth-order valence-corrected chi connectivity index (χ4v) is 2.64. The van der Waals surface area contributed by atoms with Crippen molar-refractivity contribution in [1.82, 2.24) is 10.2 Å². The van der Waals surface area contributed by atoms with E-state index in [-0.39, 0.29) is 23.3 Å². The molecule has 0 atom stereocenters. The molecule has 0 unspecified atom stereocenters. The van der Waals surface area contributed by atoms with Crippen LogP contribution in [-0.2, 0) is 0 Å². The number of aromatic hydroxyl groups is 1. The molecule has 0 radical (unpaired) electrons. The van der Waals surface area contributed by atoms with Gasteiger partial charge < -0.3 is 10.4 Å². The highest BCUT2D eigenvalue weighted by Crippen LogP contribution is 2.22. The molecule has 0 saturated carbocycles. The Morgan fingerprint density at radius 1 is 1.50 bits per heavy atom. The van der Waals surface area contributed by atoms with Crippen molar-refractivity contribution in [2.45, 2.75) is 18.9 Å². The van der Waals surface area contributed by atoms with Gasteiger partial charge in [-0.3, -0.25) is 9.69 Å². The minimum absolute atomic E-state index is 0.0289. The number of phenolic OH excluding ortho intramolecular Hbond substituents is 1. The summed E-state index contributed by atoms with van der Waals surface area (Å²) in [5.41, 5.74) is 0.285. The van der Waals surface area contributed by atoms with Crippen molar-refractivity contribution in [3.05, 3.63) is 28.2 Å². The lowest BCUT2D eigenvalue weighted by atomic mass is 10.0. The number of benzene rings is 1. The van der Waals surface area contributed by atoms with Gasteiger partial charge in [0, 0.05) is 23.6 Å². The van der Waals surface area contributed by atoms with Gasteiger partial charge in [-0.25, -0.2) is 0 Å². The third-order valence-electron chi connectivity index (χ3n) is 3.42. The highest BCUT2D eigenvalue weighted by Gasteiger charge is 2.21. The summed E-state index contributed by atoms with van der Waals surface area (Å²) in [6, 6.07) is 7.06. The van der Waals surface area contributed by atoms with Gasteiger partial charge in [0.1, 0.15) is 5.75 Å². The molecule has 2 rings (SSSR count). The number of likely N-dealkylation sites (tertiary alicyclic amines) is 1. The van der Waals surface area contributed by atoms with Crippen molar-refractivity contribution >= 4 is 21.8 Å². The zero-order valence-corrected chi connectivity index (χ0v) is 12.6. The zero-order chi connectivity index (χ0) is 14.5. The van der Waals surface area contributed by atoms with Crippen molar-refractivity contribution in [3.8, 4) is 11.8 Å². The molecular formula is C14H16BrN3O2. The minimum Gasteiger partial charge on any atom is -0.507 e. The molecule has 1 aliphatic heterocycles. The second-order valence-electron chi connectivity index (χ2n) is 4.84. The first-order chi connectivity index (χ1) is 9.60. The lowest BCUT2D eigenvalue weighted by Crippen LogP contribution is -2.44. The first-order valence-electron chi connectivity index (χ1n) is 6.49. The molecule has 5 nitrogen and oxygen atoms in total. The summed E-state index contributed by atoms with van der Waals surface area (Å²) in [4.78, 5) is 14.2. The maximum absolute atomic E-state index is 12.1. The average molecular weight is 338 g/mol. The summed E-state index contributed by atoms with van der Waals surface area (Å²) in [6.45, 7) is 2.06. The van der Waals surface area contributed by atoms with E-state index in [1.807, 2.05) is 0 Å². The van der Waals surface area contributed by atoms with Crippen molar-refractivity contribution in [1.29, 1.82) is 5.26 Å². The predicted octanol–water partition coefficient (Wildman–Crippen LogP) is 1.87. The third kappa shape index (κ3) is 3.71. The van der Waals surface area contributed by atoms with Gasteiger partial charge in [-0.15, -0.1) is 0 Å². The summed E-state index contributed by atoms with van der Waals surface area (Å²) < 4.78 is 0.733. The first kappa shape index (κ1) is 14.8. The smallest absolute Gasteiger partial charge is 0.255 e. The summed E-state index contributed by atoms with van der Waals surface area (Å²) >= 11 is 3.24. The molecule has 2 N–H and O–H groups in total. The van der Waals surface area contributed by atoms with Crippen LogP contribution in [0.5, 0.6) is 5.75 Å². The molecule has 1 aromatic carbocycles. The Bertz CT molecular complexity index is 534. The van der Waals surface area contributed by atoms with E-state index in [9.17, 15) is 9.90 Å². The van der Waals surface area contributed by atoms with Crippen LogP contribution in [0.4, 0.5) is 0 Å². The Labute approximate surface area is 126 Å². The number of piperidine rings is 1. The van der Waals surface area contributed by atoms with Crippen LogP contribution in [0.2, 0.25) is 0 Å². The van der Waals surface area contributed by atoms with Crippen LogP contribution in [0, 0.1) is 11.3 Å². The van der Waals surface area contributed by atoms with Gasteiger partial charge in [-0.2, -0.15) is 5.26 Å². The number of hydrogen-bond donors (Lipinski definition) is 2. The Hall–Kier alpha value is -1.58. The van der Waals surface area contributed by atoms with Crippen LogP contribution in [0.25, 0.3) is 0 Å². The summed E-state index contributed by atoms with van der Waals surface area (Å²) in [5.74, 6) is -0.285. The monoisotopic (exact) mass is 337 g/mol. The normalized spacial score (nSPS) is 16.6. The van der Waals surface area contributed by atoms with E-state index in [0.29, 0.717) is 6.54 Å². The Morgan fingerprint density at radius 3 is 2.80 bits per heavy atom. The number of nitrogens with one attached hydrogen (secondary N) is 1. The summed E-state index contributed by atoms with van der Waals surface area (Å²) in [7, 11) is 0. The standard InChI is InChI=1S/C14H16BrN3O2/c15-10-1-2-12(13(19)9-10)14(20)17-11-3-6-18(7-4-11)8-5-16/h1-2,9,11,19H,3-4,6-8H2,(H,17,20). The van der Waals surface area contributed by atoms with E-state index >= 15 is 0 Å². The molecule has 1 amide bonds. The van der Waals surface area contributed by atoms with Crippen molar-refractivity contribution in [2.24, 2.45) is 0 Å². The highest BCUT2D eigenvalue weighted by atomic mass is 79.9. The van der Waals surface area contributed by atoms with Gasteiger partial charge in [-0.05, 0) is 31.0 Å². The summed E-state index contributed by atoms with van der Waals surface area (Å²) in [5, 5.41) is 21.3. The number of rotatable bonds is 3. The van der Waals surface area contributed by atoms with Crippen LogP contribution < -0.4 is 5.32 Å². The average Bonchev–Trinajstić information content (AvgIpc) is 2.41. The van der Waals surface area contributed by atoms with E-state index in [0.717, 1.165) is 30.4 Å². The maximum atomic E-state index is 12.1. The second kappa shape index (κ2) is 6.73. The molecule has 20 heavy (non-hydrogen) atoms. The topological polar surface area (TPSA) is 76.4 Å². The molecule has 1 aromatic rings. The van der Waals surface area contributed by atoms with Crippen molar-refractivity contribution < 1.29 is 9.90 Å². The molecule has 1 saturated heterocycles. The van der Waals surface area contributed by atoms with Crippen LogP contribution in [0.3, 0.4) is 0 Å². The fourth-order valence-electron chi connectivity index (χ4n) is 2.30. The molecule has 106 valence electrons. The molecule has 1 fully saturated rings. The number of nitriles is 1. The Morgan fingerprint density at radius 2 is 2.20 bits per heavy atom. The maximum Gasteiger partial charge on any atom is 0.255 e. The molecule has 6 heteroatoms. The fraction of sp³-hybridized carbons (Fsp3) is 0.429. The zero-order valence-electron chi connectivity index (χ0n) is 11.0. The summed E-state index contributed by atoms with van der Waals surface area (Å²) in [6.07, 6.45) is 1.65. The number of nitrogens with zero attached hydrogens (tertiary/aromatic N) is 2. The van der Waals surface area contributed by atoms with Gasteiger partial charge in [0.2, 0.25) is 0 Å². The lowest BCUT2D eigenvalue weighted by molar-refractivity contribution is 0.0911. The van der Waals surface area contributed by atoms with Crippen LogP contribution >= 0.6 is 15.9 Å². The van der Waals surface area contributed by atoms with Crippen LogP contribution in [0.15, 0.2) is 22.7 Å². The molecule has 0 spiro atoms. The van der Waals surface area contributed by atoms with Gasteiger partial charge in [0.15, 0.2) is 0 Å². The van der Waals surface area contributed by atoms with Gasteiger partial charge in [0.25, 0.3) is 5.91 Å². The van der Waals surface area contributed by atoms with E-state index in [4.69, 9.17) is 5.26 Å². The molecule has 1 aliphatic rings. The van der Waals surface area contributed by atoms with Crippen LogP contribution in [0.1, 0.15) is 23.2 Å². The lowest BCUT2D eigenvalue weighted by Gasteiger charge is -2.30. The minimum atomic E-state index is -0.256. The molecule has 0 bridgehead atoms. The van der Waals surface area contributed by atoms with E-state index in [2.05, 4.69) is 32.2 Å². The Kier molecular flexibility index (Phi) is 4.99. The number of halogens is 1. The van der Waals surface area contributed by atoms with Crippen LogP contribution in [-0.4, -0.2) is 41.6 Å². The van der Waals surface area contributed by atoms with E-state index in [1.165, 1.54) is 6.07 Å². The second-order valence-corrected chi connectivity index (χ2v) is 5.76. The van der Waals surface area contributed by atoms with Crippen molar-refractivity contribution in [2.75, 3.05) is 19.6 Å². The molecule has 0 aliphatic carbocycles. The van der Waals surface area contributed by atoms with Crippen molar-refractivity contribution in [3.63, 3.8) is 0 Å².